The van der Waals surface area contributed by atoms with Crippen LogP contribution in [0.25, 0.3) is 17.1 Å². The van der Waals surface area contributed by atoms with E-state index in [4.69, 9.17) is 11.6 Å². The highest BCUT2D eigenvalue weighted by Crippen LogP contribution is 2.29. The number of hydrogen-bond donors (Lipinski definition) is 0. The van der Waals surface area contributed by atoms with Crippen LogP contribution in [0.1, 0.15) is 26.3 Å². The summed E-state index contributed by atoms with van der Waals surface area (Å²) in [5, 5.41) is 10.1. The van der Waals surface area contributed by atoms with Crippen LogP contribution in [0, 0.1) is 0 Å². The first-order chi connectivity index (χ1) is 16.3. The molecule has 0 fully saturated rings. The Kier molecular flexibility index (Phi) is 7.34. The van der Waals surface area contributed by atoms with Gasteiger partial charge in [0.1, 0.15) is 0 Å². The van der Waals surface area contributed by atoms with Crippen LogP contribution in [0.3, 0.4) is 0 Å². The third-order valence-electron chi connectivity index (χ3n) is 5.28. The van der Waals surface area contributed by atoms with Crippen molar-refractivity contribution in [3.05, 3.63) is 89.7 Å². The molecule has 4 rings (SSSR count). The van der Waals surface area contributed by atoms with Crippen LogP contribution in [0.15, 0.2) is 84.3 Å². The van der Waals surface area contributed by atoms with E-state index in [1.54, 1.807) is 12.4 Å². The Morgan fingerprint density at radius 1 is 0.971 bits per heavy atom. The topological polar surface area (TPSA) is 63.9 Å². The highest BCUT2D eigenvalue weighted by Gasteiger charge is 2.27. The number of benzene rings is 2. The van der Waals surface area contributed by atoms with Gasteiger partial charge in [-0.1, -0.05) is 53.7 Å². The van der Waals surface area contributed by atoms with Crippen molar-refractivity contribution in [2.24, 2.45) is 0 Å². The second-order valence-corrected chi connectivity index (χ2v) is 10.2. The molecule has 2 aromatic carbocycles. The lowest BCUT2D eigenvalue weighted by Crippen LogP contribution is -2.45. The summed E-state index contributed by atoms with van der Waals surface area (Å²) in [7, 11) is 0. The van der Waals surface area contributed by atoms with Crippen molar-refractivity contribution >= 4 is 29.3 Å². The van der Waals surface area contributed by atoms with Crippen molar-refractivity contribution in [2.75, 3.05) is 5.75 Å². The van der Waals surface area contributed by atoms with Crippen LogP contribution in [0.2, 0.25) is 5.02 Å². The first-order valence-electron chi connectivity index (χ1n) is 10.9. The summed E-state index contributed by atoms with van der Waals surface area (Å²) in [4.78, 5) is 19.4. The summed E-state index contributed by atoms with van der Waals surface area (Å²) in [6.07, 6.45) is 3.44. The Morgan fingerprint density at radius 3 is 2.29 bits per heavy atom. The molecule has 4 aromatic rings. The molecule has 34 heavy (non-hydrogen) atoms. The normalized spacial score (nSPS) is 11.4. The zero-order valence-corrected chi connectivity index (χ0v) is 20.9. The molecule has 0 atom stereocenters. The molecule has 0 saturated carbocycles. The number of nitrogens with zero attached hydrogens (tertiary/aromatic N) is 5. The lowest BCUT2D eigenvalue weighted by atomic mass is 10.0. The van der Waals surface area contributed by atoms with Gasteiger partial charge in [-0.25, -0.2) is 0 Å². The first-order valence-corrected chi connectivity index (χ1v) is 12.3. The second kappa shape index (κ2) is 10.4. The molecule has 0 saturated heterocycles. The molecule has 2 heterocycles. The average molecular weight is 492 g/mol. The van der Waals surface area contributed by atoms with Crippen LogP contribution in [-0.2, 0) is 11.3 Å². The standard InChI is InChI=1S/C26H26ClN5OS/c1-26(2,3)31(17-19-7-5-4-6-8-19)23(33)18-34-25-30-29-24(20-13-15-28-16-14-20)32(25)22-11-9-21(27)10-12-22/h4-16H,17-18H2,1-3H3. The molecule has 0 spiro atoms. The fourth-order valence-electron chi connectivity index (χ4n) is 3.54. The number of aromatic nitrogens is 4. The fourth-order valence-corrected chi connectivity index (χ4v) is 4.50. The SMILES string of the molecule is CC(C)(C)N(Cc1ccccc1)C(=O)CSc1nnc(-c2ccncc2)n1-c1ccc(Cl)cc1. The van der Waals surface area contributed by atoms with E-state index in [2.05, 4.69) is 36.0 Å². The highest BCUT2D eigenvalue weighted by molar-refractivity contribution is 7.99. The van der Waals surface area contributed by atoms with Crippen LogP contribution in [0.5, 0.6) is 0 Å². The molecule has 0 unspecified atom stereocenters. The minimum atomic E-state index is -0.320. The summed E-state index contributed by atoms with van der Waals surface area (Å²) < 4.78 is 1.95. The van der Waals surface area contributed by atoms with E-state index in [1.807, 2.05) is 76.2 Å². The Bertz CT molecular complexity index is 1240. The molecule has 0 bridgehead atoms. The molecule has 1 amide bonds. The second-order valence-electron chi connectivity index (χ2n) is 8.78. The number of carbonyl (C=O) groups is 1. The molecule has 8 heteroatoms. The molecule has 0 aliphatic heterocycles. The highest BCUT2D eigenvalue weighted by atomic mass is 35.5. The number of amides is 1. The van der Waals surface area contributed by atoms with Gasteiger partial charge in [0.2, 0.25) is 5.91 Å². The van der Waals surface area contributed by atoms with Gasteiger partial charge in [0, 0.05) is 40.8 Å². The van der Waals surface area contributed by atoms with Crippen molar-refractivity contribution in [2.45, 2.75) is 38.0 Å². The van der Waals surface area contributed by atoms with Crippen molar-refractivity contribution in [3.63, 3.8) is 0 Å². The monoisotopic (exact) mass is 491 g/mol. The van der Waals surface area contributed by atoms with Crippen LogP contribution >= 0.6 is 23.4 Å². The molecule has 0 N–H and O–H groups in total. The van der Waals surface area contributed by atoms with Gasteiger partial charge in [0.25, 0.3) is 0 Å². The van der Waals surface area contributed by atoms with Gasteiger partial charge in [-0.2, -0.15) is 0 Å². The van der Waals surface area contributed by atoms with Crippen molar-refractivity contribution < 1.29 is 4.79 Å². The number of halogens is 1. The summed E-state index contributed by atoms with van der Waals surface area (Å²) in [6.45, 7) is 6.71. The lowest BCUT2D eigenvalue weighted by Gasteiger charge is -2.36. The Morgan fingerprint density at radius 2 is 1.65 bits per heavy atom. The molecular weight excluding hydrogens is 466 g/mol. The smallest absolute Gasteiger partial charge is 0.233 e. The van der Waals surface area contributed by atoms with E-state index in [0.717, 1.165) is 16.8 Å². The summed E-state index contributed by atoms with van der Waals surface area (Å²) in [5.74, 6) is 0.959. The van der Waals surface area contributed by atoms with Gasteiger partial charge in [-0.15, -0.1) is 10.2 Å². The number of rotatable bonds is 7. The van der Waals surface area contributed by atoms with Crippen LogP contribution in [0.4, 0.5) is 0 Å². The molecule has 0 aliphatic carbocycles. The zero-order valence-electron chi connectivity index (χ0n) is 19.4. The molecule has 2 aromatic heterocycles. The summed E-state index contributed by atoms with van der Waals surface area (Å²) >= 11 is 7.49. The van der Waals surface area contributed by atoms with Gasteiger partial charge >= 0.3 is 0 Å². The van der Waals surface area contributed by atoms with Gasteiger partial charge < -0.3 is 4.90 Å². The van der Waals surface area contributed by atoms with Gasteiger partial charge in [0.05, 0.1) is 5.75 Å². The zero-order chi connectivity index (χ0) is 24.1. The quantitative estimate of drug-likeness (QED) is 0.301. The minimum absolute atomic E-state index is 0.0393. The number of thioether (sulfide) groups is 1. The van der Waals surface area contributed by atoms with Gasteiger partial charge in [-0.05, 0) is 62.7 Å². The van der Waals surface area contributed by atoms with Gasteiger partial charge in [0.15, 0.2) is 11.0 Å². The van der Waals surface area contributed by atoms with E-state index in [0.29, 0.717) is 22.5 Å². The van der Waals surface area contributed by atoms with E-state index in [1.165, 1.54) is 11.8 Å². The third-order valence-corrected chi connectivity index (χ3v) is 6.44. The maximum absolute atomic E-state index is 13.4. The third kappa shape index (κ3) is 5.66. The van der Waals surface area contributed by atoms with E-state index in [9.17, 15) is 4.79 Å². The maximum atomic E-state index is 13.4. The molecule has 174 valence electrons. The largest absolute Gasteiger partial charge is 0.333 e. The maximum Gasteiger partial charge on any atom is 0.233 e. The van der Waals surface area contributed by atoms with E-state index < -0.39 is 0 Å². The van der Waals surface area contributed by atoms with Crippen LogP contribution < -0.4 is 0 Å². The summed E-state index contributed by atoms with van der Waals surface area (Å²) in [6, 6.07) is 21.3. The predicted molar refractivity (Wildman–Crippen MR) is 137 cm³/mol. The number of hydrogen-bond acceptors (Lipinski definition) is 5. The Labute approximate surface area is 209 Å². The Hall–Kier alpha value is -3.16. The molecule has 0 aliphatic rings. The molecule has 6 nitrogen and oxygen atoms in total. The van der Waals surface area contributed by atoms with Crippen molar-refractivity contribution in [1.82, 2.24) is 24.6 Å². The number of pyridine rings is 1. The number of carbonyl (C=O) groups excluding carboxylic acids is 1. The predicted octanol–water partition coefficient (Wildman–Crippen LogP) is 5.90. The van der Waals surface area contributed by atoms with Gasteiger partial charge in [-0.3, -0.25) is 14.3 Å². The molecule has 0 radical (unpaired) electrons. The fraction of sp³-hybridized carbons (Fsp3) is 0.231. The molecular formula is C26H26ClN5OS. The minimum Gasteiger partial charge on any atom is -0.333 e. The lowest BCUT2D eigenvalue weighted by molar-refractivity contribution is -0.133. The first kappa shape index (κ1) is 24.0. The summed E-state index contributed by atoms with van der Waals surface area (Å²) in [5.41, 5.74) is 2.53. The average Bonchev–Trinajstić information content (AvgIpc) is 3.26. The van der Waals surface area contributed by atoms with E-state index >= 15 is 0 Å². The van der Waals surface area contributed by atoms with E-state index in [-0.39, 0.29) is 17.2 Å². The Balaban J connectivity index is 1.61. The van der Waals surface area contributed by atoms with Crippen molar-refractivity contribution in [1.29, 1.82) is 0 Å². The van der Waals surface area contributed by atoms with Crippen molar-refractivity contribution in [3.8, 4) is 17.1 Å². The van der Waals surface area contributed by atoms with Crippen LogP contribution in [-0.4, -0.2) is 41.8 Å².